The lowest BCUT2D eigenvalue weighted by Crippen LogP contribution is -2.53. The van der Waals surface area contributed by atoms with Gasteiger partial charge >= 0.3 is 35.8 Å². The van der Waals surface area contributed by atoms with Crippen molar-refractivity contribution in [2.75, 3.05) is 106 Å². The Morgan fingerprint density at radius 3 is 2.06 bits per heavy atom. The Morgan fingerprint density at radius 2 is 1.47 bits per heavy atom. The smallest absolute Gasteiger partial charge is 0.417 e. The standard InChI is InChI=1S/C47H69N5O14/c1-29-25-30(2)38(32(4)63-46(57)44(55)60-23-21-51-17-13-49(5)14-18-51)64-43(54)37(59-7)27-33(26-29)10-11-34-35-28-62-41(34)40(66-42(53)36-9-8-12-48-36)31(3)39(35)65-47(58)45(56)61-24-22-52-19-15-50(6)16-20-52/h8-12,25,30-35,37-41,48H,13-24,26-28H2,1-7H3/b11-10-,29-25+/t30-,31-,32-,33+,34?,35?,37+,38+,39-,40-,41-/m1/s1. The molecular weight excluding hydrogens is 859 g/mol. The highest BCUT2D eigenvalue weighted by atomic mass is 16.6. The fourth-order valence-electron chi connectivity index (χ4n) is 9.65. The molecule has 19 heteroatoms. The van der Waals surface area contributed by atoms with Crippen LogP contribution in [0.4, 0.5) is 0 Å². The molecule has 5 heterocycles. The SMILES string of the molecule is CO[C@H]1C[C@@H](/C=C\C2C3CO[C@H]2[C@H](OC(=O)c2ccc[nH]2)[C@H](C)[C@H]3OC(=O)C(=O)OCCN2CCN(C)CC2)C/C(C)=C/[C@@H](C)[C@@H]([C@@H](C)OC(=O)C(=O)OCCN2CCN(C)CC2)OC1=O. The van der Waals surface area contributed by atoms with Crippen molar-refractivity contribution in [3.8, 4) is 0 Å². The predicted molar refractivity (Wildman–Crippen MR) is 237 cm³/mol. The van der Waals surface area contributed by atoms with E-state index in [1.807, 2.05) is 32.1 Å². The summed E-state index contributed by atoms with van der Waals surface area (Å²) in [6.45, 7) is 15.4. The second-order valence-corrected chi connectivity index (χ2v) is 18.5. The number of rotatable bonds is 14. The minimum atomic E-state index is -1.17. The van der Waals surface area contributed by atoms with Crippen molar-refractivity contribution in [1.29, 1.82) is 0 Å². The van der Waals surface area contributed by atoms with E-state index >= 15 is 0 Å². The van der Waals surface area contributed by atoms with Crippen molar-refractivity contribution in [3.05, 3.63) is 47.8 Å². The monoisotopic (exact) mass is 927 g/mol. The average molecular weight is 928 g/mol. The fourth-order valence-corrected chi connectivity index (χ4v) is 9.65. The van der Waals surface area contributed by atoms with Gasteiger partial charge in [0.25, 0.3) is 0 Å². The van der Waals surface area contributed by atoms with Crippen molar-refractivity contribution in [3.63, 3.8) is 0 Å². The lowest BCUT2D eigenvalue weighted by Gasteiger charge is -2.42. The van der Waals surface area contributed by atoms with Crippen molar-refractivity contribution in [1.82, 2.24) is 24.6 Å². The highest BCUT2D eigenvalue weighted by Crippen LogP contribution is 2.46. The van der Waals surface area contributed by atoms with Crippen LogP contribution in [0.3, 0.4) is 0 Å². The lowest BCUT2D eigenvalue weighted by atomic mass is 9.70. The van der Waals surface area contributed by atoms with Gasteiger partial charge in [-0.05, 0) is 58.8 Å². The third kappa shape index (κ3) is 13.5. The molecule has 0 radical (unpaired) electrons. The molecule has 366 valence electrons. The number of hydrogen-bond acceptors (Lipinski definition) is 18. The maximum atomic E-state index is 13.7. The zero-order valence-electron chi connectivity index (χ0n) is 39.4. The van der Waals surface area contributed by atoms with Crippen LogP contribution in [0.25, 0.3) is 0 Å². The van der Waals surface area contributed by atoms with Gasteiger partial charge in [-0.3, -0.25) is 9.80 Å². The van der Waals surface area contributed by atoms with Gasteiger partial charge in [-0.25, -0.2) is 28.8 Å². The first kappa shape index (κ1) is 50.7. The predicted octanol–water partition coefficient (Wildman–Crippen LogP) is 1.72. The number of aromatic amines is 1. The molecule has 5 aliphatic rings. The number of piperazine rings is 2. The molecule has 2 unspecified atom stereocenters. The molecule has 1 saturated carbocycles. The second-order valence-electron chi connectivity index (χ2n) is 18.5. The molecule has 4 aliphatic heterocycles. The third-order valence-electron chi connectivity index (χ3n) is 13.6. The molecule has 19 nitrogen and oxygen atoms in total. The Hall–Kier alpha value is -4.66. The number of nitrogens with zero attached hydrogens (tertiary/aromatic N) is 4. The zero-order chi connectivity index (χ0) is 47.5. The molecule has 1 aliphatic carbocycles. The molecule has 0 amide bonds. The van der Waals surface area contributed by atoms with E-state index in [9.17, 15) is 28.8 Å². The Kier molecular flexibility index (Phi) is 18.4. The minimum absolute atomic E-state index is 0.0413. The summed E-state index contributed by atoms with van der Waals surface area (Å²) in [5, 5.41) is 0. The van der Waals surface area contributed by atoms with Gasteiger partial charge in [-0.15, -0.1) is 0 Å². The molecule has 0 aromatic carbocycles. The van der Waals surface area contributed by atoms with Crippen LogP contribution in [0.15, 0.2) is 42.1 Å². The van der Waals surface area contributed by atoms with E-state index in [4.69, 9.17) is 37.9 Å². The molecule has 66 heavy (non-hydrogen) atoms. The molecule has 1 aromatic heterocycles. The maximum Gasteiger partial charge on any atom is 0.417 e. The first-order chi connectivity index (χ1) is 31.6. The van der Waals surface area contributed by atoms with Crippen LogP contribution in [0.2, 0.25) is 0 Å². The van der Waals surface area contributed by atoms with Gasteiger partial charge in [0, 0.05) is 102 Å². The number of carbonyl (C=O) groups is 6. The Bertz CT molecular complexity index is 1880. The Balaban J connectivity index is 1.12. The van der Waals surface area contributed by atoms with Crippen LogP contribution in [0.5, 0.6) is 0 Å². The van der Waals surface area contributed by atoms with Gasteiger partial charge < -0.3 is 52.7 Å². The molecule has 11 atom stereocenters. The Labute approximate surface area is 387 Å². The summed E-state index contributed by atoms with van der Waals surface area (Å²) in [4.78, 5) is 90.4. The van der Waals surface area contributed by atoms with Crippen LogP contribution in [0.1, 0.15) is 51.0 Å². The van der Waals surface area contributed by atoms with E-state index in [0.29, 0.717) is 19.5 Å². The number of cyclic esters (lactones) is 1. The largest absolute Gasteiger partial charge is 0.456 e. The number of allylic oxidation sites excluding steroid dienone is 2. The minimum Gasteiger partial charge on any atom is -0.456 e. The van der Waals surface area contributed by atoms with Gasteiger partial charge in [-0.1, -0.05) is 37.6 Å². The average Bonchev–Trinajstić information content (AvgIpc) is 3.96. The number of H-pyrrole nitrogens is 1. The van der Waals surface area contributed by atoms with E-state index in [1.165, 1.54) is 7.11 Å². The summed E-state index contributed by atoms with van der Waals surface area (Å²) in [6, 6.07) is 3.28. The lowest BCUT2D eigenvalue weighted by molar-refractivity contribution is -0.183. The molecular formula is C47H69N5O14. The number of hydrogen-bond donors (Lipinski definition) is 1. The molecule has 1 N–H and O–H groups in total. The van der Waals surface area contributed by atoms with Gasteiger partial charge in [0.1, 0.15) is 49.4 Å². The molecule has 1 aromatic rings. The molecule has 4 fully saturated rings. The van der Waals surface area contributed by atoms with Gasteiger partial charge in [0.2, 0.25) is 0 Å². The van der Waals surface area contributed by atoms with E-state index in [0.717, 1.165) is 57.9 Å². The first-order valence-electron chi connectivity index (χ1n) is 23.2. The number of esters is 6. The summed E-state index contributed by atoms with van der Waals surface area (Å²) < 4.78 is 46.0. The van der Waals surface area contributed by atoms with Crippen molar-refractivity contribution >= 4 is 35.8 Å². The number of likely N-dealkylation sites (N-methyl/N-ethyl adjacent to an activating group) is 2. The van der Waals surface area contributed by atoms with Crippen LogP contribution < -0.4 is 0 Å². The second kappa shape index (κ2) is 23.9. The number of carbonyl (C=O) groups excluding carboxylic acids is 6. The zero-order valence-corrected chi connectivity index (χ0v) is 39.4. The van der Waals surface area contributed by atoms with Gasteiger partial charge in [-0.2, -0.15) is 0 Å². The Morgan fingerprint density at radius 1 is 0.848 bits per heavy atom. The van der Waals surface area contributed by atoms with Crippen LogP contribution >= 0.6 is 0 Å². The number of nitrogens with one attached hydrogen (secondary N) is 1. The number of fused-ring (bicyclic) bond motifs is 2. The highest BCUT2D eigenvalue weighted by molar-refractivity contribution is 6.30. The number of aromatic nitrogens is 1. The molecule has 0 spiro atoms. The molecule has 2 bridgehead atoms. The van der Waals surface area contributed by atoms with Crippen LogP contribution in [-0.2, 0) is 61.9 Å². The summed E-state index contributed by atoms with van der Waals surface area (Å²) in [5.41, 5.74) is 1.20. The van der Waals surface area contributed by atoms with Gasteiger partial charge in [0.05, 0.1) is 6.61 Å². The normalized spacial score (nSPS) is 31.8. The number of ether oxygens (including phenoxy) is 8. The highest BCUT2D eigenvalue weighted by Gasteiger charge is 2.57. The first-order valence-corrected chi connectivity index (χ1v) is 23.2. The van der Waals surface area contributed by atoms with Crippen molar-refractivity contribution < 1.29 is 66.7 Å². The van der Waals surface area contributed by atoms with Gasteiger partial charge in [0.15, 0.2) is 6.10 Å². The fraction of sp³-hybridized carbons (Fsp3) is 0.702. The third-order valence-corrected chi connectivity index (χ3v) is 13.6. The quantitative estimate of drug-likeness (QED) is 0.122. The van der Waals surface area contributed by atoms with Crippen LogP contribution in [0, 0.1) is 29.6 Å². The summed E-state index contributed by atoms with van der Waals surface area (Å²) in [5.74, 6) is -7.82. The van der Waals surface area contributed by atoms with E-state index in [1.54, 1.807) is 32.2 Å². The van der Waals surface area contributed by atoms with E-state index < -0.39 is 96.1 Å². The van der Waals surface area contributed by atoms with Crippen LogP contribution in [-0.4, -0.2) is 203 Å². The summed E-state index contributed by atoms with van der Waals surface area (Å²) >= 11 is 0. The maximum absolute atomic E-state index is 13.7. The molecule has 6 rings (SSSR count). The van der Waals surface area contributed by atoms with E-state index in [-0.39, 0.29) is 37.9 Å². The van der Waals surface area contributed by atoms with E-state index in [2.05, 4.69) is 38.7 Å². The van der Waals surface area contributed by atoms with Crippen molar-refractivity contribution in [2.24, 2.45) is 29.6 Å². The van der Waals surface area contributed by atoms with Crippen molar-refractivity contribution in [2.45, 2.75) is 77.2 Å². The molecule has 3 saturated heterocycles. The topological polar surface area (TPSA) is 205 Å². The summed E-state index contributed by atoms with van der Waals surface area (Å²) in [6.07, 6.45) is 2.96. The number of methoxy groups -OCH3 is 1. The summed E-state index contributed by atoms with van der Waals surface area (Å²) in [7, 11) is 5.52.